The molecule has 1 aromatic heterocycles. The normalized spacial score (nSPS) is 17.4. The molecule has 1 saturated heterocycles. The van der Waals surface area contributed by atoms with Crippen LogP contribution >= 0.6 is 0 Å². The van der Waals surface area contributed by atoms with Gasteiger partial charge in [0.1, 0.15) is 12.4 Å². The van der Waals surface area contributed by atoms with Crippen LogP contribution in [0.15, 0.2) is 6.33 Å². The predicted octanol–water partition coefficient (Wildman–Crippen LogP) is 0.294. The molecule has 22 heavy (non-hydrogen) atoms. The van der Waals surface area contributed by atoms with Crippen LogP contribution in [0.4, 0.5) is 4.39 Å². The van der Waals surface area contributed by atoms with Gasteiger partial charge in [-0.15, -0.1) is 0 Å². The predicted molar refractivity (Wildman–Crippen MR) is 75.7 cm³/mol. The van der Waals surface area contributed by atoms with Gasteiger partial charge in [-0.05, 0) is 6.42 Å². The summed E-state index contributed by atoms with van der Waals surface area (Å²) in [7, 11) is 0. The van der Waals surface area contributed by atoms with Gasteiger partial charge in [0.2, 0.25) is 17.6 Å². The first-order valence-corrected chi connectivity index (χ1v) is 7.19. The summed E-state index contributed by atoms with van der Waals surface area (Å²) in [4.78, 5) is 31.9. The minimum absolute atomic E-state index is 0.0378. The molecular formula is C14H19FN4O3. The molecule has 1 N–H and O–H groups in total. The maximum Gasteiger partial charge on any atom is 0.254 e. The van der Waals surface area contributed by atoms with E-state index in [9.17, 15) is 14.0 Å². The Bertz CT molecular complexity index is 567. The third kappa shape index (κ3) is 3.90. The lowest BCUT2D eigenvalue weighted by Gasteiger charge is -2.17. The maximum absolute atomic E-state index is 14.0. The summed E-state index contributed by atoms with van der Waals surface area (Å²) < 4.78 is 19.6. The first-order valence-electron chi connectivity index (χ1n) is 7.19. The van der Waals surface area contributed by atoms with Crippen LogP contribution in [0.25, 0.3) is 0 Å². The Balaban J connectivity index is 1.91. The molecule has 120 valence electrons. The number of rotatable bonds is 5. The average molecular weight is 310 g/mol. The van der Waals surface area contributed by atoms with Crippen molar-refractivity contribution in [1.82, 2.24) is 20.2 Å². The highest BCUT2D eigenvalue weighted by molar-refractivity contribution is 5.83. The summed E-state index contributed by atoms with van der Waals surface area (Å²) in [5, 5.41) is 2.46. The van der Waals surface area contributed by atoms with E-state index in [1.54, 1.807) is 11.8 Å². The highest BCUT2D eigenvalue weighted by Crippen LogP contribution is 2.20. The molecule has 8 heteroatoms. The monoisotopic (exact) mass is 310 g/mol. The molecule has 0 radical (unpaired) electrons. The van der Waals surface area contributed by atoms with Crippen LogP contribution < -0.4 is 10.1 Å². The van der Waals surface area contributed by atoms with Crippen LogP contribution in [0.1, 0.15) is 26.0 Å². The minimum atomic E-state index is -0.548. The standard InChI is InChI=1S/C14H19FN4O3/c1-3-11-13(15)14(18-8-17-11)22-10-4-5-19(7-10)12(21)6-16-9(2)20/h8,10H,3-7H2,1-2H3,(H,16,20)/t10-/m0/s1. The Morgan fingerprint density at radius 2 is 2.27 bits per heavy atom. The van der Waals surface area contributed by atoms with E-state index in [1.807, 2.05) is 0 Å². The molecule has 1 fully saturated rings. The van der Waals surface area contributed by atoms with Crippen LogP contribution in [-0.2, 0) is 16.0 Å². The van der Waals surface area contributed by atoms with Gasteiger partial charge in [0.05, 0.1) is 18.8 Å². The molecule has 0 unspecified atom stereocenters. The molecule has 0 aliphatic carbocycles. The second kappa shape index (κ2) is 7.15. The number of carbonyl (C=O) groups excluding carboxylic acids is 2. The van der Waals surface area contributed by atoms with Crippen molar-refractivity contribution >= 4 is 11.8 Å². The number of aromatic nitrogens is 2. The lowest BCUT2D eigenvalue weighted by Crippen LogP contribution is -2.39. The van der Waals surface area contributed by atoms with Gasteiger partial charge in [0, 0.05) is 19.9 Å². The number of nitrogens with zero attached hydrogens (tertiary/aromatic N) is 3. The van der Waals surface area contributed by atoms with Crippen molar-refractivity contribution in [3.8, 4) is 5.88 Å². The van der Waals surface area contributed by atoms with Crippen molar-refractivity contribution in [3.05, 3.63) is 17.8 Å². The highest BCUT2D eigenvalue weighted by atomic mass is 19.1. The summed E-state index contributed by atoms with van der Waals surface area (Å²) in [5.74, 6) is -1.06. The van der Waals surface area contributed by atoms with E-state index < -0.39 is 5.82 Å². The molecule has 0 bridgehead atoms. The molecular weight excluding hydrogens is 291 g/mol. The number of hydrogen-bond acceptors (Lipinski definition) is 5. The summed E-state index contributed by atoms with van der Waals surface area (Å²) in [6.45, 7) is 3.98. The molecule has 1 aliphatic heterocycles. The Kier molecular flexibility index (Phi) is 5.24. The number of amides is 2. The first kappa shape index (κ1) is 16.1. The smallest absolute Gasteiger partial charge is 0.254 e. The molecule has 0 saturated carbocycles. The number of hydrogen-bond donors (Lipinski definition) is 1. The lowest BCUT2D eigenvalue weighted by atomic mass is 10.3. The first-order chi connectivity index (χ1) is 10.5. The molecule has 7 nitrogen and oxygen atoms in total. The zero-order chi connectivity index (χ0) is 16.1. The third-order valence-corrected chi connectivity index (χ3v) is 3.43. The molecule has 2 rings (SSSR count). The SMILES string of the molecule is CCc1ncnc(O[C@H]2CCN(C(=O)CNC(C)=O)C2)c1F. The molecule has 2 heterocycles. The second-order valence-electron chi connectivity index (χ2n) is 5.07. The van der Waals surface area contributed by atoms with Crippen molar-refractivity contribution in [2.45, 2.75) is 32.8 Å². The van der Waals surface area contributed by atoms with Crippen molar-refractivity contribution in [2.75, 3.05) is 19.6 Å². The molecule has 1 aliphatic rings. The summed E-state index contributed by atoms with van der Waals surface area (Å²) in [6.07, 6.45) is 2.01. The van der Waals surface area contributed by atoms with Gasteiger partial charge in [-0.2, -0.15) is 9.37 Å². The van der Waals surface area contributed by atoms with Gasteiger partial charge in [0.15, 0.2) is 0 Å². The molecule has 0 aromatic carbocycles. The highest BCUT2D eigenvalue weighted by Gasteiger charge is 2.28. The van der Waals surface area contributed by atoms with E-state index in [4.69, 9.17) is 4.74 Å². The molecule has 1 atom stereocenters. The van der Waals surface area contributed by atoms with Crippen molar-refractivity contribution < 1.29 is 18.7 Å². The lowest BCUT2D eigenvalue weighted by molar-refractivity contribution is -0.131. The topological polar surface area (TPSA) is 84.4 Å². The summed E-state index contributed by atoms with van der Waals surface area (Å²) >= 11 is 0. The number of aryl methyl sites for hydroxylation is 1. The van der Waals surface area contributed by atoms with Gasteiger partial charge in [0.25, 0.3) is 5.88 Å². The fraction of sp³-hybridized carbons (Fsp3) is 0.571. The van der Waals surface area contributed by atoms with Gasteiger partial charge in [-0.25, -0.2) is 4.98 Å². The largest absolute Gasteiger partial charge is 0.470 e. The Hall–Kier alpha value is -2.25. The van der Waals surface area contributed by atoms with Crippen molar-refractivity contribution in [2.24, 2.45) is 0 Å². The van der Waals surface area contributed by atoms with E-state index in [0.717, 1.165) is 0 Å². The van der Waals surface area contributed by atoms with Crippen LogP contribution in [0.2, 0.25) is 0 Å². The van der Waals surface area contributed by atoms with Crippen LogP contribution in [-0.4, -0.2) is 52.4 Å². The van der Waals surface area contributed by atoms with Crippen molar-refractivity contribution in [3.63, 3.8) is 0 Å². The number of halogens is 1. The minimum Gasteiger partial charge on any atom is -0.470 e. The van der Waals surface area contributed by atoms with Gasteiger partial charge >= 0.3 is 0 Å². The van der Waals surface area contributed by atoms with Crippen molar-refractivity contribution in [1.29, 1.82) is 0 Å². The molecule has 2 amide bonds. The molecule has 1 aromatic rings. The Morgan fingerprint density at radius 3 is 2.95 bits per heavy atom. The van der Waals surface area contributed by atoms with Crippen LogP contribution in [0.3, 0.4) is 0 Å². The van der Waals surface area contributed by atoms with E-state index in [2.05, 4.69) is 15.3 Å². The van der Waals surface area contributed by atoms with Crippen LogP contribution in [0.5, 0.6) is 5.88 Å². The maximum atomic E-state index is 14.0. The summed E-state index contributed by atoms with van der Waals surface area (Å²) in [5.41, 5.74) is 0.307. The quantitative estimate of drug-likeness (QED) is 0.845. The fourth-order valence-corrected chi connectivity index (χ4v) is 2.24. The number of nitrogens with one attached hydrogen (secondary N) is 1. The van der Waals surface area contributed by atoms with E-state index in [-0.39, 0.29) is 30.3 Å². The second-order valence-corrected chi connectivity index (χ2v) is 5.07. The Labute approximate surface area is 127 Å². The van der Waals surface area contributed by atoms with Gasteiger partial charge < -0.3 is 15.0 Å². The van der Waals surface area contributed by atoms with Gasteiger partial charge in [-0.3, -0.25) is 9.59 Å². The van der Waals surface area contributed by atoms with E-state index in [1.165, 1.54) is 13.3 Å². The van der Waals surface area contributed by atoms with Crippen LogP contribution in [0, 0.1) is 5.82 Å². The Morgan fingerprint density at radius 1 is 1.50 bits per heavy atom. The van der Waals surface area contributed by atoms with Gasteiger partial charge in [-0.1, -0.05) is 6.92 Å². The molecule has 0 spiro atoms. The zero-order valence-corrected chi connectivity index (χ0v) is 12.6. The van der Waals surface area contributed by atoms with E-state index >= 15 is 0 Å². The third-order valence-electron chi connectivity index (χ3n) is 3.43. The fourth-order valence-electron chi connectivity index (χ4n) is 2.24. The number of ether oxygens (including phenoxy) is 1. The number of carbonyl (C=O) groups is 2. The van der Waals surface area contributed by atoms with E-state index in [0.29, 0.717) is 31.6 Å². The zero-order valence-electron chi connectivity index (χ0n) is 12.6. The summed E-state index contributed by atoms with van der Waals surface area (Å²) in [6, 6.07) is 0. The number of likely N-dealkylation sites (tertiary alicyclic amines) is 1. The average Bonchev–Trinajstić information content (AvgIpc) is 2.95.